The van der Waals surface area contributed by atoms with Gasteiger partial charge in [0.15, 0.2) is 0 Å². The Bertz CT molecular complexity index is 1230. The first-order valence-electron chi connectivity index (χ1n) is 11.2. The Hall–Kier alpha value is -3.74. The molecule has 0 spiro atoms. The number of hydrogen-bond acceptors (Lipinski definition) is 4. The first kappa shape index (κ1) is 28.5. The molecule has 0 fully saturated rings. The molecule has 0 aromatic heterocycles. The molecule has 0 aliphatic heterocycles. The van der Waals surface area contributed by atoms with Gasteiger partial charge in [-0.15, -0.1) is 13.2 Å². The maximum atomic E-state index is 12.3. The summed E-state index contributed by atoms with van der Waals surface area (Å²) < 4.78 is 51.5. The van der Waals surface area contributed by atoms with Gasteiger partial charge in [-0.3, -0.25) is 0 Å². The Morgan fingerprint density at radius 2 is 1.58 bits per heavy atom. The van der Waals surface area contributed by atoms with Crippen molar-refractivity contribution in [3.05, 3.63) is 93.6 Å². The molecule has 2 aromatic carbocycles. The number of allylic oxidation sites excluding steroid dienone is 6. The van der Waals surface area contributed by atoms with E-state index in [1.807, 2.05) is 45.1 Å². The van der Waals surface area contributed by atoms with Gasteiger partial charge in [-0.1, -0.05) is 36.0 Å². The number of methoxy groups -OCH3 is 1. The molecule has 0 saturated heterocycles. The molecule has 0 amide bonds. The molecule has 0 radical (unpaired) electrons. The fourth-order valence-corrected chi connectivity index (χ4v) is 3.46. The van der Waals surface area contributed by atoms with Crippen LogP contribution in [0.15, 0.2) is 65.8 Å². The number of alkyl halides is 3. The molecule has 0 unspecified atom stereocenters. The Kier molecular flexibility index (Phi) is 9.73. The van der Waals surface area contributed by atoms with E-state index in [4.69, 9.17) is 9.47 Å². The zero-order valence-electron chi connectivity index (χ0n) is 21.5. The van der Waals surface area contributed by atoms with Crippen LogP contribution >= 0.6 is 0 Å². The zero-order valence-corrected chi connectivity index (χ0v) is 21.5. The molecule has 0 bridgehead atoms. The van der Waals surface area contributed by atoms with Gasteiger partial charge in [-0.25, -0.2) is 4.79 Å². The Labute approximate surface area is 210 Å². The number of hydrogen-bond donors (Lipinski definition) is 0. The van der Waals surface area contributed by atoms with Crippen LogP contribution in [0.2, 0.25) is 0 Å². The molecule has 4 nitrogen and oxygen atoms in total. The monoisotopic (exact) mass is 500 g/mol. The van der Waals surface area contributed by atoms with Crippen molar-refractivity contribution in [3.8, 4) is 17.2 Å². The van der Waals surface area contributed by atoms with Crippen LogP contribution in [-0.4, -0.2) is 19.4 Å². The summed E-state index contributed by atoms with van der Waals surface area (Å²) in [6, 6.07) is 5.54. The van der Waals surface area contributed by atoms with Gasteiger partial charge in [0.1, 0.15) is 17.2 Å². The Balaban J connectivity index is 2.03. The number of aryl methyl sites for hydroxylation is 2. The van der Waals surface area contributed by atoms with Crippen molar-refractivity contribution in [2.24, 2.45) is 0 Å². The SMILES string of the molecule is COc1cc(C)c(C=CC(C)=CC=CC(C)=CC(=O)Oc2ccc(OC(F)(F)F)cc2C)c(C)c1C. The molecule has 7 heteroatoms. The van der Waals surface area contributed by atoms with Crippen LogP contribution in [0.25, 0.3) is 6.08 Å². The van der Waals surface area contributed by atoms with Crippen LogP contribution in [0, 0.1) is 27.7 Å². The number of benzene rings is 2. The number of ether oxygens (including phenoxy) is 3. The topological polar surface area (TPSA) is 44.8 Å². The third-order valence-electron chi connectivity index (χ3n) is 5.50. The van der Waals surface area contributed by atoms with Gasteiger partial charge in [-0.05, 0) is 99.2 Å². The predicted octanol–water partition coefficient (Wildman–Crippen LogP) is 7.90. The van der Waals surface area contributed by atoms with Gasteiger partial charge in [0.2, 0.25) is 0 Å². The summed E-state index contributed by atoms with van der Waals surface area (Å²) in [5.74, 6) is 0.0211. The normalized spacial score (nSPS) is 12.9. The first-order chi connectivity index (χ1) is 16.8. The maximum Gasteiger partial charge on any atom is 0.573 e. The minimum Gasteiger partial charge on any atom is -0.496 e. The molecule has 0 atom stereocenters. The molecular formula is C29H31F3O4. The summed E-state index contributed by atoms with van der Waals surface area (Å²) in [6.07, 6.45) is 6.13. The zero-order chi connectivity index (χ0) is 27.0. The van der Waals surface area contributed by atoms with E-state index in [2.05, 4.69) is 17.7 Å². The van der Waals surface area contributed by atoms with Crippen molar-refractivity contribution in [1.82, 2.24) is 0 Å². The fourth-order valence-electron chi connectivity index (χ4n) is 3.46. The van der Waals surface area contributed by atoms with E-state index in [0.717, 1.165) is 40.1 Å². The van der Waals surface area contributed by atoms with Gasteiger partial charge in [0.25, 0.3) is 0 Å². The van der Waals surface area contributed by atoms with Crippen molar-refractivity contribution in [3.63, 3.8) is 0 Å². The summed E-state index contributed by atoms with van der Waals surface area (Å²) in [7, 11) is 1.67. The number of halogens is 3. The third-order valence-corrected chi connectivity index (χ3v) is 5.50. The molecule has 36 heavy (non-hydrogen) atoms. The lowest BCUT2D eigenvalue weighted by Crippen LogP contribution is -2.17. The highest BCUT2D eigenvalue weighted by Gasteiger charge is 2.31. The van der Waals surface area contributed by atoms with Crippen molar-refractivity contribution in [1.29, 1.82) is 0 Å². The second-order valence-corrected chi connectivity index (χ2v) is 8.45. The Morgan fingerprint density at radius 3 is 2.19 bits per heavy atom. The number of esters is 1. The molecule has 192 valence electrons. The largest absolute Gasteiger partial charge is 0.573 e. The molecule has 0 saturated carbocycles. The van der Waals surface area contributed by atoms with Crippen LogP contribution < -0.4 is 14.2 Å². The highest BCUT2D eigenvalue weighted by molar-refractivity contribution is 5.85. The van der Waals surface area contributed by atoms with Crippen molar-refractivity contribution in [2.75, 3.05) is 7.11 Å². The smallest absolute Gasteiger partial charge is 0.496 e. The molecule has 2 aromatic rings. The summed E-state index contributed by atoms with van der Waals surface area (Å²) >= 11 is 0. The van der Waals surface area contributed by atoms with Gasteiger partial charge < -0.3 is 14.2 Å². The van der Waals surface area contributed by atoms with Gasteiger partial charge in [0, 0.05) is 6.08 Å². The average Bonchev–Trinajstić information content (AvgIpc) is 2.76. The third kappa shape index (κ3) is 8.48. The van der Waals surface area contributed by atoms with Gasteiger partial charge in [-0.2, -0.15) is 0 Å². The van der Waals surface area contributed by atoms with E-state index in [0.29, 0.717) is 11.1 Å². The second kappa shape index (κ2) is 12.3. The quantitative estimate of drug-likeness (QED) is 0.160. The summed E-state index contributed by atoms with van der Waals surface area (Å²) in [4.78, 5) is 12.2. The van der Waals surface area contributed by atoms with E-state index in [-0.39, 0.29) is 11.5 Å². The first-order valence-corrected chi connectivity index (χ1v) is 11.2. The van der Waals surface area contributed by atoms with Crippen LogP contribution in [0.1, 0.15) is 41.7 Å². The molecular weight excluding hydrogens is 469 g/mol. The lowest BCUT2D eigenvalue weighted by atomic mass is 9.96. The highest BCUT2D eigenvalue weighted by Crippen LogP contribution is 2.29. The molecule has 0 heterocycles. The van der Waals surface area contributed by atoms with E-state index in [1.54, 1.807) is 20.1 Å². The van der Waals surface area contributed by atoms with Crippen LogP contribution in [-0.2, 0) is 4.79 Å². The second-order valence-electron chi connectivity index (χ2n) is 8.45. The van der Waals surface area contributed by atoms with Crippen LogP contribution in [0.4, 0.5) is 13.2 Å². The van der Waals surface area contributed by atoms with Gasteiger partial charge >= 0.3 is 12.3 Å². The molecule has 0 N–H and O–H groups in total. The van der Waals surface area contributed by atoms with E-state index in [9.17, 15) is 18.0 Å². The lowest BCUT2D eigenvalue weighted by Gasteiger charge is -2.13. The van der Waals surface area contributed by atoms with E-state index < -0.39 is 12.3 Å². The standard InChI is InChI=1S/C29H31F3O4/c1-18(11-13-25-20(3)17-27(34-7)23(6)22(25)5)9-8-10-19(2)15-28(33)35-26-14-12-24(16-21(26)4)36-29(30,31)32/h8-17H,1-7H3. The van der Waals surface area contributed by atoms with Crippen LogP contribution in [0.3, 0.4) is 0 Å². The van der Waals surface area contributed by atoms with Crippen molar-refractivity contribution >= 4 is 12.0 Å². The molecule has 0 aliphatic carbocycles. The fraction of sp³-hybridized carbons (Fsp3) is 0.276. The minimum absolute atomic E-state index is 0.155. The number of carbonyl (C=O) groups excluding carboxylic acids is 1. The number of carbonyl (C=O) groups is 1. The van der Waals surface area contributed by atoms with Gasteiger partial charge in [0.05, 0.1) is 7.11 Å². The highest BCUT2D eigenvalue weighted by atomic mass is 19.4. The van der Waals surface area contributed by atoms with Crippen molar-refractivity contribution < 1.29 is 32.2 Å². The maximum absolute atomic E-state index is 12.3. The average molecular weight is 501 g/mol. The predicted molar refractivity (Wildman–Crippen MR) is 136 cm³/mol. The number of rotatable bonds is 8. The summed E-state index contributed by atoms with van der Waals surface area (Å²) in [5.41, 5.74) is 6.57. The molecule has 2 rings (SSSR count). The minimum atomic E-state index is -4.79. The van der Waals surface area contributed by atoms with Crippen LogP contribution in [0.5, 0.6) is 17.2 Å². The lowest BCUT2D eigenvalue weighted by molar-refractivity contribution is -0.274. The Morgan fingerprint density at radius 1 is 0.889 bits per heavy atom. The summed E-state index contributed by atoms with van der Waals surface area (Å²) in [5, 5.41) is 0. The molecule has 0 aliphatic rings. The van der Waals surface area contributed by atoms with E-state index in [1.165, 1.54) is 24.6 Å². The van der Waals surface area contributed by atoms with Crippen molar-refractivity contribution in [2.45, 2.75) is 47.9 Å². The van der Waals surface area contributed by atoms with E-state index >= 15 is 0 Å². The summed E-state index contributed by atoms with van der Waals surface area (Å²) in [6.45, 7) is 11.4.